The standard InChI is InChI=1S/C37H48O4/c1-4-6-8-10-11-12-13-15-29-39-34-23-21-32(22-24-34)31-17-19-33(20-18-31)37(38)41-36-27-25-35(26-28-36)40-30(3)16-14-9-7-5-2/h4,17-28,30H,1,5-16,29H2,2-3H3/t30-/m0/s1. The Balaban J connectivity index is 1.39. The van der Waals surface area contributed by atoms with Crippen molar-refractivity contribution in [3.05, 3.63) is 91.0 Å². The summed E-state index contributed by atoms with van der Waals surface area (Å²) >= 11 is 0. The minimum absolute atomic E-state index is 0.167. The van der Waals surface area contributed by atoms with Gasteiger partial charge in [0, 0.05) is 0 Å². The van der Waals surface area contributed by atoms with Gasteiger partial charge >= 0.3 is 5.97 Å². The maximum Gasteiger partial charge on any atom is 0.343 e. The second-order valence-electron chi connectivity index (χ2n) is 10.8. The molecule has 0 saturated heterocycles. The molecule has 3 rings (SSSR count). The lowest BCUT2D eigenvalue weighted by Gasteiger charge is -2.15. The fraction of sp³-hybridized carbons (Fsp3) is 0.432. The SMILES string of the molecule is C=CCCCCCCCCOc1ccc(-c2ccc(C(=O)Oc3ccc(O[C@@H](C)CCCCCC)cc3)cc2)cc1. The number of esters is 1. The molecule has 0 heterocycles. The third-order valence-electron chi connectivity index (χ3n) is 7.22. The van der Waals surface area contributed by atoms with E-state index in [1.54, 1.807) is 24.3 Å². The predicted octanol–water partition coefficient (Wildman–Crippen LogP) is 10.6. The monoisotopic (exact) mass is 556 g/mol. The number of unbranched alkanes of at least 4 members (excludes halogenated alkanes) is 9. The van der Waals surface area contributed by atoms with Gasteiger partial charge in [-0.1, -0.05) is 82.2 Å². The zero-order valence-corrected chi connectivity index (χ0v) is 25.1. The van der Waals surface area contributed by atoms with Crippen LogP contribution in [0.25, 0.3) is 11.1 Å². The fourth-order valence-electron chi connectivity index (χ4n) is 4.73. The summed E-state index contributed by atoms with van der Waals surface area (Å²) < 4.78 is 17.5. The van der Waals surface area contributed by atoms with E-state index in [-0.39, 0.29) is 12.1 Å². The summed E-state index contributed by atoms with van der Waals surface area (Å²) in [6, 6.07) is 22.9. The Morgan fingerprint density at radius 1 is 0.707 bits per heavy atom. The molecule has 0 aromatic heterocycles. The van der Waals surface area contributed by atoms with Gasteiger partial charge in [0.05, 0.1) is 18.3 Å². The Bertz CT molecular complexity index is 1130. The van der Waals surface area contributed by atoms with Crippen molar-refractivity contribution in [3.8, 4) is 28.4 Å². The van der Waals surface area contributed by atoms with E-state index in [1.165, 1.54) is 57.8 Å². The summed E-state index contributed by atoms with van der Waals surface area (Å²) in [6.45, 7) is 8.84. The average molecular weight is 557 g/mol. The highest BCUT2D eigenvalue weighted by atomic mass is 16.5. The molecule has 220 valence electrons. The van der Waals surface area contributed by atoms with Gasteiger partial charge in [0.2, 0.25) is 0 Å². The summed E-state index contributed by atoms with van der Waals surface area (Å²) in [5.41, 5.74) is 2.62. The highest BCUT2D eigenvalue weighted by molar-refractivity contribution is 5.91. The molecule has 0 aliphatic rings. The van der Waals surface area contributed by atoms with Crippen molar-refractivity contribution in [2.45, 2.75) is 97.0 Å². The lowest BCUT2D eigenvalue weighted by atomic mass is 10.0. The van der Waals surface area contributed by atoms with E-state index >= 15 is 0 Å². The van der Waals surface area contributed by atoms with Crippen molar-refractivity contribution >= 4 is 5.97 Å². The summed E-state index contributed by atoms with van der Waals surface area (Å²) in [7, 11) is 0. The third-order valence-corrected chi connectivity index (χ3v) is 7.22. The van der Waals surface area contributed by atoms with Crippen molar-refractivity contribution in [2.24, 2.45) is 0 Å². The molecular formula is C37H48O4. The molecule has 0 aliphatic carbocycles. The zero-order chi connectivity index (χ0) is 29.1. The Labute approximate surface area is 247 Å². The number of rotatable bonds is 20. The molecule has 0 saturated carbocycles. The Kier molecular flexibility index (Phi) is 14.6. The molecule has 0 fully saturated rings. The van der Waals surface area contributed by atoms with Crippen LogP contribution in [0.4, 0.5) is 0 Å². The molecule has 0 aliphatic heterocycles. The summed E-state index contributed by atoms with van der Waals surface area (Å²) in [5, 5.41) is 0. The number of hydrogen-bond acceptors (Lipinski definition) is 4. The number of carbonyl (C=O) groups excluding carboxylic acids is 1. The van der Waals surface area contributed by atoms with Crippen LogP contribution in [-0.4, -0.2) is 18.7 Å². The molecule has 1 atom stereocenters. The van der Waals surface area contributed by atoms with Crippen LogP contribution in [0.2, 0.25) is 0 Å². The van der Waals surface area contributed by atoms with Crippen LogP contribution in [0, 0.1) is 0 Å². The van der Waals surface area contributed by atoms with Gasteiger partial charge in [0.1, 0.15) is 17.2 Å². The maximum absolute atomic E-state index is 12.7. The lowest BCUT2D eigenvalue weighted by molar-refractivity contribution is 0.0734. The van der Waals surface area contributed by atoms with Crippen molar-refractivity contribution < 1.29 is 19.0 Å². The number of allylic oxidation sites excluding steroid dienone is 1. The van der Waals surface area contributed by atoms with E-state index in [0.717, 1.165) is 48.5 Å². The van der Waals surface area contributed by atoms with Crippen molar-refractivity contribution in [3.63, 3.8) is 0 Å². The van der Waals surface area contributed by atoms with Crippen LogP contribution in [0.5, 0.6) is 17.2 Å². The van der Waals surface area contributed by atoms with Gasteiger partial charge in [-0.25, -0.2) is 4.79 Å². The first-order valence-electron chi connectivity index (χ1n) is 15.5. The topological polar surface area (TPSA) is 44.8 Å². The van der Waals surface area contributed by atoms with Crippen molar-refractivity contribution in [1.82, 2.24) is 0 Å². The first-order valence-corrected chi connectivity index (χ1v) is 15.5. The summed E-state index contributed by atoms with van der Waals surface area (Å²) in [4.78, 5) is 12.7. The zero-order valence-electron chi connectivity index (χ0n) is 25.1. The highest BCUT2D eigenvalue weighted by Gasteiger charge is 2.10. The van der Waals surface area contributed by atoms with E-state index in [2.05, 4.69) is 32.6 Å². The first kappa shape index (κ1) is 32.0. The molecule has 4 nitrogen and oxygen atoms in total. The molecular weight excluding hydrogens is 508 g/mol. The first-order chi connectivity index (χ1) is 20.1. The molecule has 4 heteroatoms. The number of carbonyl (C=O) groups is 1. The molecule has 0 N–H and O–H groups in total. The largest absolute Gasteiger partial charge is 0.494 e. The minimum Gasteiger partial charge on any atom is -0.494 e. The summed E-state index contributed by atoms with van der Waals surface area (Å²) in [5.74, 6) is 1.80. The maximum atomic E-state index is 12.7. The molecule has 0 spiro atoms. The lowest BCUT2D eigenvalue weighted by Crippen LogP contribution is -2.11. The second kappa shape index (κ2) is 18.7. The van der Waals surface area contributed by atoms with Crippen molar-refractivity contribution in [2.75, 3.05) is 6.61 Å². The molecule has 0 amide bonds. The molecule has 0 unspecified atom stereocenters. The van der Waals surface area contributed by atoms with Gasteiger partial charge in [-0.05, 0) is 98.7 Å². The van der Waals surface area contributed by atoms with Crippen molar-refractivity contribution in [1.29, 1.82) is 0 Å². The summed E-state index contributed by atoms with van der Waals surface area (Å²) in [6.07, 6.45) is 16.7. The van der Waals surface area contributed by atoms with Crippen LogP contribution in [0.15, 0.2) is 85.5 Å². The van der Waals surface area contributed by atoms with Gasteiger partial charge < -0.3 is 14.2 Å². The number of hydrogen-bond donors (Lipinski definition) is 0. The molecule has 0 radical (unpaired) electrons. The Morgan fingerprint density at radius 2 is 1.27 bits per heavy atom. The third kappa shape index (κ3) is 12.3. The van der Waals surface area contributed by atoms with E-state index in [1.807, 2.05) is 42.5 Å². The molecule has 41 heavy (non-hydrogen) atoms. The Morgan fingerprint density at radius 3 is 1.93 bits per heavy atom. The fourth-order valence-corrected chi connectivity index (χ4v) is 4.73. The average Bonchev–Trinajstić information content (AvgIpc) is 3.00. The molecule has 3 aromatic rings. The minimum atomic E-state index is -0.380. The molecule has 0 bridgehead atoms. The smallest absolute Gasteiger partial charge is 0.343 e. The van der Waals surface area contributed by atoms with E-state index in [9.17, 15) is 4.79 Å². The van der Waals surface area contributed by atoms with Crippen LogP contribution in [0.1, 0.15) is 101 Å². The van der Waals surface area contributed by atoms with Gasteiger partial charge in [0.25, 0.3) is 0 Å². The van der Waals surface area contributed by atoms with E-state index in [4.69, 9.17) is 14.2 Å². The van der Waals surface area contributed by atoms with Gasteiger partial charge in [-0.2, -0.15) is 0 Å². The number of benzene rings is 3. The van der Waals surface area contributed by atoms with E-state index < -0.39 is 0 Å². The quantitative estimate of drug-likeness (QED) is 0.0601. The predicted molar refractivity (Wildman–Crippen MR) is 170 cm³/mol. The number of ether oxygens (including phenoxy) is 3. The normalized spacial score (nSPS) is 11.6. The molecule has 3 aromatic carbocycles. The van der Waals surface area contributed by atoms with E-state index in [0.29, 0.717) is 11.3 Å². The van der Waals surface area contributed by atoms with Gasteiger partial charge in [-0.15, -0.1) is 6.58 Å². The van der Waals surface area contributed by atoms with Gasteiger partial charge in [-0.3, -0.25) is 0 Å². The van der Waals surface area contributed by atoms with Crippen LogP contribution in [-0.2, 0) is 0 Å². The van der Waals surface area contributed by atoms with Gasteiger partial charge in [0.15, 0.2) is 0 Å². The van der Waals surface area contributed by atoms with Crippen LogP contribution >= 0.6 is 0 Å². The highest BCUT2D eigenvalue weighted by Crippen LogP contribution is 2.25. The second-order valence-corrected chi connectivity index (χ2v) is 10.8. The van der Waals surface area contributed by atoms with Crippen LogP contribution < -0.4 is 14.2 Å². The Hall–Kier alpha value is -3.53. The van der Waals surface area contributed by atoms with Crippen LogP contribution in [0.3, 0.4) is 0 Å².